The lowest BCUT2D eigenvalue weighted by molar-refractivity contribution is -0.137. The number of carbonyl (C=O) groups excluding carboxylic acids is 5. The number of amides is 4. The Morgan fingerprint density at radius 1 is 1.07 bits per heavy atom. The molecule has 0 saturated heterocycles. The van der Waals surface area contributed by atoms with Gasteiger partial charge in [0.15, 0.2) is 0 Å². The lowest BCUT2D eigenvalue weighted by Crippen LogP contribution is -2.56. The van der Waals surface area contributed by atoms with Gasteiger partial charge in [0.2, 0.25) is 17.6 Å². The zero-order chi connectivity index (χ0) is 30.0. The summed E-state index contributed by atoms with van der Waals surface area (Å²) in [6, 6.07) is 3.50. The van der Waals surface area contributed by atoms with Crippen LogP contribution >= 0.6 is 27.3 Å². The molecule has 0 aliphatic heterocycles. The van der Waals surface area contributed by atoms with Crippen molar-refractivity contribution in [2.45, 2.75) is 63.6 Å². The van der Waals surface area contributed by atoms with E-state index in [0.717, 1.165) is 37.5 Å². The van der Waals surface area contributed by atoms with Crippen LogP contribution in [0.5, 0.6) is 0 Å². The van der Waals surface area contributed by atoms with Crippen molar-refractivity contribution in [3.8, 4) is 0 Å². The van der Waals surface area contributed by atoms with E-state index in [0.29, 0.717) is 21.2 Å². The molecule has 2 heterocycles. The van der Waals surface area contributed by atoms with Crippen molar-refractivity contribution in [2.75, 3.05) is 12.4 Å². The predicted molar refractivity (Wildman–Crippen MR) is 160 cm³/mol. The van der Waals surface area contributed by atoms with Crippen LogP contribution in [0.25, 0.3) is 0 Å². The number of ketones is 1. The van der Waals surface area contributed by atoms with Crippen LogP contribution < -0.4 is 26.8 Å². The van der Waals surface area contributed by atoms with Crippen molar-refractivity contribution in [1.82, 2.24) is 20.5 Å². The first kappa shape index (κ1) is 30.1. The zero-order valence-corrected chi connectivity index (χ0v) is 25.6. The molecule has 4 N–H and O–H groups in total. The summed E-state index contributed by atoms with van der Waals surface area (Å²) in [5.41, 5.74) is -0.638. The first-order chi connectivity index (χ1) is 20.1. The van der Waals surface area contributed by atoms with Gasteiger partial charge in [0.05, 0.1) is 4.88 Å². The van der Waals surface area contributed by atoms with Gasteiger partial charge in [-0.05, 0) is 96.3 Å². The molecule has 0 radical (unpaired) electrons. The minimum Gasteiger partial charge on any atom is -0.353 e. The molecule has 4 fully saturated rings. The van der Waals surface area contributed by atoms with E-state index in [9.17, 15) is 28.8 Å². The number of carbonyl (C=O) groups is 5. The Bertz CT molecular complexity index is 1430. The van der Waals surface area contributed by atoms with Gasteiger partial charge in [0.1, 0.15) is 18.3 Å². The number of pyridine rings is 1. The number of aromatic nitrogens is 1. The molecule has 1 atom stereocenters. The number of likely N-dealkylation sites (N-methyl/N-ethyl adjacent to an activating group) is 1. The number of anilines is 1. The molecule has 4 aliphatic carbocycles. The second-order valence-electron chi connectivity index (χ2n) is 11.6. The fraction of sp³-hybridized carbons (Fsp3) is 0.517. The van der Waals surface area contributed by atoms with Gasteiger partial charge in [0.25, 0.3) is 17.4 Å². The molecule has 4 bridgehead atoms. The summed E-state index contributed by atoms with van der Waals surface area (Å²) >= 11 is 4.45. The largest absolute Gasteiger partial charge is 0.353 e. The molecule has 6 rings (SSSR count). The standard InChI is InChI=1S/C29H34BrN5O6S/c1-31-27(39)22(36)5-4-20(32-28(40)23-12-19(30)14-42-23)26(38)33-21-3-2-6-35(29(21)41)13-24(37)34-25-17-8-15-7-16(10-17)11-18(25)9-15/h2-3,6,12,14-18,20,25H,4-5,7-11,13H2,1H3,(H,31,39)(H,32,40)(H,33,38)(H,34,37)/t15?,16?,17?,18?,20-,25?/m0/s1. The lowest BCUT2D eigenvalue weighted by atomic mass is 9.54. The second-order valence-corrected chi connectivity index (χ2v) is 13.4. The summed E-state index contributed by atoms with van der Waals surface area (Å²) in [7, 11) is 1.32. The van der Waals surface area contributed by atoms with Gasteiger partial charge in [-0.2, -0.15) is 0 Å². The van der Waals surface area contributed by atoms with E-state index >= 15 is 0 Å². The van der Waals surface area contributed by atoms with Crippen LogP contribution in [0.15, 0.2) is 39.0 Å². The van der Waals surface area contributed by atoms with Crippen molar-refractivity contribution in [1.29, 1.82) is 0 Å². The normalized spacial score (nSPS) is 24.5. The number of nitrogens with one attached hydrogen (secondary N) is 4. The van der Waals surface area contributed by atoms with E-state index in [4.69, 9.17) is 0 Å². The molecular formula is C29H34BrN5O6S. The van der Waals surface area contributed by atoms with Gasteiger partial charge >= 0.3 is 0 Å². The SMILES string of the molecule is CNC(=O)C(=O)CC[C@H](NC(=O)c1cc(Br)cs1)C(=O)Nc1cccn(CC(=O)NC2C3CC4CC(C3)CC2C4)c1=O. The topological polar surface area (TPSA) is 155 Å². The molecule has 11 nitrogen and oxygen atoms in total. The Kier molecular flexibility index (Phi) is 9.26. The first-order valence-corrected chi connectivity index (χ1v) is 15.9. The van der Waals surface area contributed by atoms with E-state index in [1.54, 1.807) is 17.5 Å². The van der Waals surface area contributed by atoms with Crippen molar-refractivity contribution in [3.05, 3.63) is 49.5 Å². The molecule has 4 saturated carbocycles. The fourth-order valence-corrected chi connectivity index (χ4v) is 8.31. The number of hydrogen-bond acceptors (Lipinski definition) is 7. The molecule has 224 valence electrons. The van der Waals surface area contributed by atoms with Crippen LogP contribution in [-0.4, -0.2) is 53.1 Å². The average molecular weight is 661 g/mol. The molecule has 0 aromatic carbocycles. The minimum absolute atomic E-state index is 0.0688. The van der Waals surface area contributed by atoms with Gasteiger partial charge in [-0.1, -0.05) is 0 Å². The van der Waals surface area contributed by atoms with Crippen LogP contribution in [0.4, 0.5) is 5.69 Å². The minimum atomic E-state index is -1.21. The highest BCUT2D eigenvalue weighted by molar-refractivity contribution is 9.10. The third-order valence-electron chi connectivity index (χ3n) is 8.70. The molecule has 0 unspecified atom stereocenters. The monoisotopic (exact) mass is 659 g/mol. The van der Waals surface area contributed by atoms with Crippen LogP contribution in [-0.2, 0) is 25.7 Å². The van der Waals surface area contributed by atoms with Gasteiger partial charge in [-0.15, -0.1) is 11.3 Å². The van der Waals surface area contributed by atoms with Gasteiger partial charge in [-0.25, -0.2) is 0 Å². The quantitative estimate of drug-likeness (QED) is 0.272. The average Bonchev–Trinajstić information content (AvgIpc) is 3.40. The molecule has 13 heteroatoms. The van der Waals surface area contributed by atoms with Crippen molar-refractivity contribution in [3.63, 3.8) is 0 Å². The smallest absolute Gasteiger partial charge is 0.287 e. The third-order valence-corrected chi connectivity index (χ3v) is 10.4. The predicted octanol–water partition coefficient (Wildman–Crippen LogP) is 2.45. The number of halogens is 1. The first-order valence-electron chi connectivity index (χ1n) is 14.2. The highest BCUT2D eigenvalue weighted by atomic mass is 79.9. The van der Waals surface area contributed by atoms with Gasteiger partial charge in [-0.3, -0.25) is 28.8 Å². The number of thiophene rings is 1. The zero-order valence-electron chi connectivity index (χ0n) is 23.2. The molecule has 2 aromatic rings. The molecule has 4 aliphatic rings. The number of nitrogens with zero attached hydrogens (tertiary/aromatic N) is 1. The summed E-state index contributed by atoms with van der Waals surface area (Å²) < 4.78 is 1.94. The maximum atomic E-state index is 13.3. The van der Waals surface area contributed by atoms with Gasteiger partial charge < -0.3 is 25.8 Å². The van der Waals surface area contributed by atoms with E-state index in [1.165, 1.54) is 41.6 Å². The van der Waals surface area contributed by atoms with Crippen LogP contribution in [0.1, 0.15) is 54.6 Å². The Morgan fingerprint density at radius 3 is 2.38 bits per heavy atom. The Morgan fingerprint density at radius 2 is 1.76 bits per heavy atom. The number of Topliss-reactive ketones (excluding diaryl/α,β-unsaturated/α-hetero) is 1. The number of rotatable bonds is 11. The van der Waals surface area contributed by atoms with Crippen LogP contribution in [0.3, 0.4) is 0 Å². The van der Waals surface area contributed by atoms with E-state index in [1.807, 2.05) is 0 Å². The van der Waals surface area contributed by atoms with E-state index in [-0.39, 0.29) is 37.0 Å². The summed E-state index contributed by atoms with van der Waals surface area (Å²) in [5.74, 6) is -0.469. The summed E-state index contributed by atoms with van der Waals surface area (Å²) in [6.45, 7) is -0.181. The summed E-state index contributed by atoms with van der Waals surface area (Å²) in [5, 5.41) is 12.3. The molecular weight excluding hydrogens is 626 g/mol. The highest BCUT2D eigenvalue weighted by Gasteiger charge is 2.48. The highest BCUT2D eigenvalue weighted by Crippen LogP contribution is 2.53. The molecule has 4 amide bonds. The maximum Gasteiger partial charge on any atom is 0.287 e. The number of hydrogen-bond donors (Lipinski definition) is 4. The van der Waals surface area contributed by atoms with E-state index in [2.05, 4.69) is 37.2 Å². The Hall–Kier alpha value is -3.32. The van der Waals surface area contributed by atoms with Gasteiger partial charge in [0, 0.05) is 35.6 Å². The van der Waals surface area contributed by atoms with Crippen molar-refractivity contribution in [2.24, 2.45) is 23.7 Å². The molecule has 2 aromatic heterocycles. The fourth-order valence-electron chi connectivity index (χ4n) is 6.98. The summed E-state index contributed by atoms with van der Waals surface area (Å²) in [6.07, 6.45) is 7.00. The second kappa shape index (κ2) is 12.9. The summed E-state index contributed by atoms with van der Waals surface area (Å²) in [4.78, 5) is 76.4. The van der Waals surface area contributed by atoms with Crippen LogP contribution in [0.2, 0.25) is 0 Å². The van der Waals surface area contributed by atoms with Crippen LogP contribution in [0, 0.1) is 23.7 Å². The van der Waals surface area contributed by atoms with E-state index < -0.39 is 35.1 Å². The third kappa shape index (κ3) is 6.83. The maximum absolute atomic E-state index is 13.3. The Labute approximate surface area is 255 Å². The van der Waals surface area contributed by atoms with Crippen molar-refractivity contribution < 1.29 is 24.0 Å². The van der Waals surface area contributed by atoms with Crippen molar-refractivity contribution >= 4 is 62.4 Å². The Balaban J connectivity index is 1.24. The molecule has 0 spiro atoms. The molecule has 42 heavy (non-hydrogen) atoms. The lowest BCUT2D eigenvalue weighted by Gasteiger charge is -2.54.